The summed E-state index contributed by atoms with van der Waals surface area (Å²) >= 11 is 0. The molecule has 2 N–H and O–H groups in total. The van der Waals surface area contributed by atoms with E-state index in [0.29, 0.717) is 168 Å². The van der Waals surface area contributed by atoms with Crippen molar-refractivity contribution >= 4 is 50.5 Å². The molecule has 3 aromatic rings. The van der Waals surface area contributed by atoms with Gasteiger partial charge in [-0.1, -0.05) is 42.4 Å². The van der Waals surface area contributed by atoms with Crippen molar-refractivity contribution in [2.24, 2.45) is 0 Å². The summed E-state index contributed by atoms with van der Waals surface area (Å²) in [6.07, 6.45) is 2.37. The highest BCUT2D eigenvalue weighted by Crippen LogP contribution is 2.37. The highest BCUT2D eigenvalue weighted by Gasteiger charge is 2.27. The molecule has 0 atom stereocenters. The van der Waals surface area contributed by atoms with Gasteiger partial charge in [-0.3, -0.25) is 14.4 Å². The van der Waals surface area contributed by atoms with Gasteiger partial charge in [-0.2, -0.15) is 0 Å². The fourth-order valence-corrected chi connectivity index (χ4v) is 8.99. The van der Waals surface area contributed by atoms with Crippen LogP contribution in [0.2, 0.25) is 0 Å². The molecule has 0 spiro atoms. The molecule has 2 aromatic heterocycles. The van der Waals surface area contributed by atoms with E-state index in [0.717, 1.165) is 58.4 Å². The summed E-state index contributed by atoms with van der Waals surface area (Å²) in [5.41, 5.74) is 5.56. The van der Waals surface area contributed by atoms with Crippen LogP contribution in [0.5, 0.6) is 5.75 Å². The Hall–Kier alpha value is -4.07. The lowest BCUT2D eigenvalue weighted by atomic mass is 9.98. The number of hydrogen-bond donors (Lipinski definition) is 2. The molecule has 0 fully saturated rings. The number of benzene rings is 1. The smallest absolute Gasteiger partial charge is 0.407 e. The largest absolute Gasteiger partial charge is 0.494 e. The Morgan fingerprint density at radius 3 is 1.77 bits per heavy atom. The van der Waals surface area contributed by atoms with E-state index >= 15 is 0 Å². The first-order valence-corrected chi connectivity index (χ1v) is 28.3. The molecule has 4 rings (SSSR count). The molecule has 0 aliphatic carbocycles. The van der Waals surface area contributed by atoms with E-state index in [4.69, 9.17) is 61.8 Å². The van der Waals surface area contributed by atoms with Gasteiger partial charge in [0.2, 0.25) is 5.91 Å². The molecule has 0 saturated carbocycles. The second kappa shape index (κ2) is 39.3. The first-order chi connectivity index (χ1) is 36.3. The summed E-state index contributed by atoms with van der Waals surface area (Å²) in [5, 5.41) is 6.61. The summed E-state index contributed by atoms with van der Waals surface area (Å²) in [5.74, 6) is 1.60. The number of hydrogen-bond acceptors (Lipinski definition) is 19. The quantitative estimate of drug-likeness (QED) is 0.0308. The Balaban J connectivity index is 0.883. The molecule has 2 amide bonds. The number of fused-ring (bicyclic) bond motifs is 4. The van der Waals surface area contributed by atoms with Crippen LogP contribution in [0.1, 0.15) is 68.7 Å². The summed E-state index contributed by atoms with van der Waals surface area (Å²) < 4.78 is 67.6. The molecule has 1 aliphatic heterocycles. The lowest BCUT2D eigenvalue weighted by molar-refractivity contribution is -0.144. The van der Waals surface area contributed by atoms with Crippen LogP contribution in [-0.2, 0) is 81.3 Å². The van der Waals surface area contributed by atoms with Crippen molar-refractivity contribution in [2.45, 2.75) is 73.0 Å². The summed E-state index contributed by atoms with van der Waals surface area (Å²) in [7, 11) is 3.17. The van der Waals surface area contributed by atoms with Crippen LogP contribution >= 0.6 is 21.6 Å². The minimum Gasteiger partial charge on any atom is -0.494 e. The van der Waals surface area contributed by atoms with E-state index in [2.05, 4.69) is 24.5 Å². The van der Waals surface area contributed by atoms with Crippen molar-refractivity contribution in [2.75, 3.05) is 157 Å². The maximum absolute atomic E-state index is 13.5. The van der Waals surface area contributed by atoms with Crippen molar-refractivity contribution in [3.8, 4) is 17.1 Å². The van der Waals surface area contributed by atoms with Crippen LogP contribution in [0.4, 0.5) is 4.79 Å². The minimum atomic E-state index is -0.483. The van der Waals surface area contributed by atoms with Crippen molar-refractivity contribution in [3.05, 3.63) is 56.9 Å². The molecule has 0 radical (unpaired) electrons. The lowest BCUT2D eigenvalue weighted by Crippen LogP contribution is -2.27. The number of alkyl carbamates (subject to hydrolysis) is 1. The molecule has 20 nitrogen and oxygen atoms in total. The number of rotatable bonds is 45. The number of amides is 2. The second-order valence-corrected chi connectivity index (χ2v) is 19.3. The molecule has 1 aliphatic rings. The molecule has 0 bridgehead atoms. The number of esters is 1. The molecule has 3 heterocycles. The molecular weight excluding hydrogens is 1000 g/mol. The molecule has 22 heteroatoms. The number of carbonyl (C=O) groups is 3. The minimum absolute atomic E-state index is 0.0509. The predicted octanol–water partition coefficient (Wildman–Crippen LogP) is 5.69. The number of pyridine rings is 2. The van der Waals surface area contributed by atoms with Gasteiger partial charge < -0.3 is 72.0 Å². The van der Waals surface area contributed by atoms with E-state index < -0.39 is 6.09 Å². The normalized spacial score (nSPS) is 11.7. The first-order valence-electron chi connectivity index (χ1n) is 25.9. The molecule has 74 heavy (non-hydrogen) atoms. The van der Waals surface area contributed by atoms with Gasteiger partial charge >= 0.3 is 12.1 Å². The summed E-state index contributed by atoms with van der Waals surface area (Å²) in [6.45, 7) is 18.6. The van der Waals surface area contributed by atoms with Crippen LogP contribution < -0.4 is 20.9 Å². The Morgan fingerprint density at radius 2 is 1.20 bits per heavy atom. The fraction of sp³-hybridized carbons (Fsp3) is 0.673. The van der Waals surface area contributed by atoms with Crippen molar-refractivity contribution in [1.82, 2.24) is 20.2 Å². The maximum atomic E-state index is 13.5. The third kappa shape index (κ3) is 24.7. The average Bonchev–Trinajstić information content (AvgIpc) is 3.76. The Labute approximate surface area is 443 Å². The van der Waals surface area contributed by atoms with Crippen molar-refractivity contribution < 1.29 is 71.2 Å². The van der Waals surface area contributed by atoms with Crippen LogP contribution in [0, 0.1) is 6.92 Å². The van der Waals surface area contributed by atoms with Gasteiger partial charge in [0.05, 0.1) is 148 Å². The number of carbonyl (C=O) groups excluding carboxylic acids is 3. The number of aromatic nitrogens is 2. The van der Waals surface area contributed by atoms with Gasteiger partial charge in [0, 0.05) is 55.0 Å². The molecule has 416 valence electrons. The second-order valence-electron chi connectivity index (χ2n) is 16.6. The van der Waals surface area contributed by atoms with Gasteiger partial charge in [-0.05, 0) is 61.6 Å². The zero-order valence-corrected chi connectivity index (χ0v) is 45.6. The zero-order valence-electron chi connectivity index (χ0n) is 44.0. The molecule has 0 saturated heterocycles. The van der Waals surface area contributed by atoms with E-state index in [1.807, 2.05) is 31.2 Å². The highest BCUT2D eigenvalue weighted by atomic mass is 33.1. The standard InChI is InChI=1S/C52H80N4O16S2/c1-5-14-61-17-19-63-21-23-65-25-27-67-29-31-69-32-30-68-28-26-66-24-22-64-20-18-62-16-11-48(57)53-13-34-73-74-35-33-71-52(60)54-12-8-15-70-41-9-10-46-43(37-41)42(6-2)44-38-56-47(50(44)55-46)36-40(4)45(51(56)59)39-72-49(58)7-3/h9-10,36-37H,5-8,11-35,38-39H2,1-4H3,(H,53,57)(H,54,60). The Bertz CT molecular complexity index is 2130. The van der Waals surface area contributed by atoms with Crippen LogP contribution in [0.15, 0.2) is 29.1 Å². The van der Waals surface area contributed by atoms with Gasteiger partial charge in [0.25, 0.3) is 5.56 Å². The summed E-state index contributed by atoms with van der Waals surface area (Å²) in [4.78, 5) is 54.6. The molecule has 1 aromatic carbocycles. The third-order valence-electron chi connectivity index (χ3n) is 11.0. The van der Waals surface area contributed by atoms with Crippen LogP contribution in [-0.4, -0.2) is 184 Å². The highest BCUT2D eigenvalue weighted by molar-refractivity contribution is 8.76. The van der Waals surface area contributed by atoms with Gasteiger partial charge in [-0.25, -0.2) is 9.78 Å². The topological polar surface area (TPSA) is 221 Å². The van der Waals surface area contributed by atoms with Gasteiger partial charge in [0.1, 0.15) is 19.0 Å². The van der Waals surface area contributed by atoms with Crippen LogP contribution in [0.3, 0.4) is 0 Å². The monoisotopic (exact) mass is 1080 g/mol. The number of aryl methyl sites for hydroxylation is 2. The van der Waals surface area contributed by atoms with Gasteiger partial charge in [-0.15, -0.1) is 0 Å². The lowest BCUT2D eigenvalue weighted by Gasteiger charge is -2.13. The van der Waals surface area contributed by atoms with Gasteiger partial charge in [0.15, 0.2) is 0 Å². The van der Waals surface area contributed by atoms with E-state index in [1.165, 1.54) is 0 Å². The summed E-state index contributed by atoms with van der Waals surface area (Å²) in [6, 6.07) is 7.75. The third-order valence-corrected chi connectivity index (χ3v) is 13.4. The van der Waals surface area contributed by atoms with Crippen molar-refractivity contribution in [3.63, 3.8) is 0 Å². The molecule has 0 unspecified atom stereocenters. The number of ether oxygens (including phenoxy) is 12. The number of nitrogens with one attached hydrogen (secondary N) is 2. The Kier molecular flexibility index (Phi) is 33.2. The maximum Gasteiger partial charge on any atom is 0.407 e. The van der Waals surface area contributed by atoms with E-state index in [-0.39, 0.29) is 43.5 Å². The first kappa shape index (κ1) is 62.5. The van der Waals surface area contributed by atoms with Crippen molar-refractivity contribution in [1.29, 1.82) is 0 Å². The zero-order chi connectivity index (χ0) is 52.9. The molecular formula is C52H80N4O16S2. The predicted molar refractivity (Wildman–Crippen MR) is 284 cm³/mol. The van der Waals surface area contributed by atoms with E-state index in [9.17, 15) is 19.2 Å². The fourth-order valence-electron chi connectivity index (χ4n) is 7.26. The number of nitrogens with zero attached hydrogens (tertiary/aromatic N) is 2. The average molecular weight is 1080 g/mol. The van der Waals surface area contributed by atoms with Crippen LogP contribution in [0.25, 0.3) is 22.3 Å². The SMILES string of the molecule is CCCOCCOCCOCCOCCOCCOCCOCCOCCOCCC(=O)NCCSSCCOC(=O)NCCCOc1ccc2nc3c(c(CC)c2c1)Cn1c-3cc(C)c(COC(=O)CC)c1=O. The Morgan fingerprint density at radius 1 is 0.635 bits per heavy atom. The van der Waals surface area contributed by atoms with E-state index in [1.54, 1.807) is 33.1 Å².